The highest BCUT2D eigenvalue weighted by Gasteiger charge is 2.22. The Morgan fingerprint density at radius 2 is 1.88 bits per heavy atom. The summed E-state index contributed by atoms with van der Waals surface area (Å²) in [6, 6.07) is 15.7. The van der Waals surface area contributed by atoms with Gasteiger partial charge in [-0.2, -0.15) is 0 Å². The summed E-state index contributed by atoms with van der Waals surface area (Å²) in [4.78, 5) is 0. The van der Waals surface area contributed by atoms with Crippen molar-refractivity contribution < 1.29 is 4.74 Å². The molecule has 1 fully saturated rings. The molecule has 1 aliphatic rings. The van der Waals surface area contributed by atoms with Gasteiger partial charge < -0.3 is 4.74 Å². The minimum atomic E-state index is -0.400. The van der Waals surface area contributed by atoms with E-state index in [4.69, 9.17) is 4.74 Å². The first-order valence-electron chi connectivity index (χ1n) is 6.94. The van der Waals surface area contributed by atoms with Gasteiger partial charge >= 0.3 is 0 Å². The Kier molecular flexibility index (Phi) is 5.27. The van der Waals surface area contributed by atoms with Gasteiger partial charge in [0.15, 0.2) is 0 Å². The van der Waals surface area contributed by atoms with Gasteiger partial charge in [-0.25, -0.2) is 0 Å². The van der Waals surface area contributed by atoms with Gasteiger partial charge in [0, 0.05) is 22.5 Å². The van der Waals surface area contributed by atoms with Crippen LogP contribution < -0.4 is 0 Å². The fourth-order valence-electron chi connectivity index (χ4n) is 3.03. The van der Waals surface area contributed by atoms with E-state index in [1.165, 1.54) is 25.3 Å². The van der Waals surface area contributed by atoms with E-state index in [2.05, 4.69) is 30.3 Å². The Morgan fingerprint density at radius 1 is 1.18 bits per heavy atom. The molecule has 1 nitrogen and oxygen atoms in total. The standard InChI is InChI=1S/C15H24OSi/c1-16-10-5-11-17-12-8-15(9-13-17)14-6-3-2-4-7-14/h2-4,6-7,15,17H,5,8-13H2,1H3. The van der Waals surface area contributed by atoms with Gasteiger partial charge in [-0.1, -0.05) is 48.5 Å². The van der Waals surface area contributed by atoms with Crippen LogP contribution in [0.3, 0.4) is 0 Å². The third kappa shape index (κ3) is 3.97. The molecule has 1 aromatic rings. The third-order valence-corrected chi connectivity index (χ3v) is 7.60. The quantitative estimate of drug-likeness (QED) is 0.568. The summed E-state index contributed by atoms with van der Waals surface area (Å²) in [5, 5.41) is 0. The zero-order valence-electron chi connectivity index (χ0n) is 10.9. The van der Waals surface area contributed by atoms with E-state index in [0.717, 1.165) is 12.5 Å². The summed E-state index contributed by atoms with van der Waals surface area (Å²) in [5.41, 5.74) is 1.57. The van der Waals surface area contributed by atoms with Gasteiger partial charge in [-0.3, -0.25) is 0 Å². The molecule has 1 heterocycles. The lowest BCUT2D eigenvalue weighted by Crippen LogP contribution is -2.20. The fourth-order valence-corrected chi connectivity index (χ4v) is 6.38. The Hall–Kier alpha value is -0.603. The maximum atomic E-state index is 5.15. The van der Waals surface area contributed by atoms with Crippen LogP contribution in [0.2, 0.25) is 18.1 Å². The summed E-state index contributed by atoms with van der Waals surface area (Å²) in [6.45, 7) is 0.964. The molecule has 0 aliphatic carbocycles. The molecule has 0 bridgehead atoms. The summed E-state index contributed by atoms with van der Waals surface area (Å²) in [7, 11) is 1.41. The second-order valence-electron chi connectivity index (χ2n) is 5.26. The van der Waals surface area contributed by atoms with Crippen LogP contribution in [0.4, 0.5) is 0 Å². The zero-order valence-corrected chi connectivity index (χ0v) is 12.1. The van der Waals surface area contributed by atoms with Crippen LogP contribution in [0.1, 0.15) is 30.7 Å². The average molecular weight is 248 g/mol. The largest absolute Gasteiger partial charge is 0.385 e. The second-order valence-corrected chi connectivity index (χ2v) is 8.73. The van der Waals surface area contributed by atoms with Crippen LogP contribution in [0.25, 0.3) is 0 Å². The van der Waals surface area contributed by atoms with Crippen molar-refractivity contribution in [3.63, 3.8) is 0 Å². The number of methoxy groups -OCH3 is 1. The molecule has 1 saturated heterocycles. The highest BCUT2D eigenvalue weighted by molar-refractivity contribution is 6.59. The van der Waals surface area contributed by atoms with E-state index in [1.54, 1.807) is 17.7 Å². The van der Waals surface area contributed by atoms with Crippen LogP contribution in [-0.4, -0.2) is 22.5 Å². The number of hydrogen-bond donors (Lipinski definition) is 0. The van der Waals surface area contributed by atoms with E-state index in [-0.39, 0.29) is 0 Å². The van der Waals surface area contributed by atoms with Gasteiger partial charge in [-0.15, -0.1) is 0 Å². The van der Waals surface area contributed by atoms with Crippen LogP contribution in [-0.2, 0) is 4.74 Å². The molecule has 0 N–H and O–H groups in total. The molecule has 0 atom stereocenters. The predicted octanol–water partition coefficient (Wildman–Crippen LogP) is 3.83. The van der Waals surface area contributed by atoms with E-state index >= 15 is 0 Å². The molecule has 0 saturated carbocycles. The van der Waals surface area contributed by atoms with Crippen molar-refractivity contribution in [2.24, 2.45) is 0 Å². The highest BCUT2D eigenvalue weighted by atomic mass is 28.3. The molecule has 1 aliphatic heterocycles. The monoisotopic (exact) mass is 248 g/mol. The van der Waals surface area contributed by atoms with Crippen molar-refractivity contribution in [3.05, 3.63) is 35.9 Å². The fraction of sp³-hybridized carbons (Fsp3) is 0.600. The van der Waals surface area contributed by atoms with Crippen molar-refractivity contribution >= 4 is 8.80 Å². The first-order valence-corrected chi connectivity index (χ1v) is 9.39. The minimum Gasteiger partial charge on any atom is -0.385 e. The lowest BCUT2D eigenvalue weighted by molar-refractivity contribution is 0.199. The van der Waals surface area contributed by atoms with Gasteiger partial charge in [0.2, 0.25) is 0 Å². The Balaban J connectivity index is 1.74. The molecule has 2 rings (SSSR count). The molecule has 0 amide bonds. The number of ether oxygens (including phenoxy) is 1. The van der Waals surface area contributed by atoms with Crippen molar-refractivity contribution in [3.8, 4) is 0 Å². The van der Waals surface area contributed by atoms with Gasteiger partial charge in [-0.05, 0) is 30.7 Å². The maximum absolute atomic E-state index is 5.15. The smallest absolute Gasteiger partial charge is 0.0459 e. The highest BCUT2D eigenvalue weighted by Crippen LogP contribution is 2.34. The zero-order chi connectivity index (χ0) is 11.9. The molecule has 17 heavy (non-hydrogen) atoms. The van der Waals surface area contributed by atoms with Gasteiger partial charge in [0.25, 0.3) is 0 Å². The van der Waals surface area contributed by atoms with E-state index in [0.29, 0.717) is 0 Å². The van der Waals surface area contributed by atoms with Crippen LogP contribution in [0, 0.1) is 0 Å². The Labute approximate surface area is 107 Å². The lowest BCUT2D eigenvalue weighted by Gasteiger charge is -2.27. The maximum Gasteiger partial charge on any atom is 0.0459 e. The molecular weight excluding hydrogens is 224 g/mol. The summed E-state index contributed by atoms with van der Waals surface area (Å²) < 4.78 is 5.15. The molecule has 0 aromatic heterocycles. The summed E-state index contributed by atoms with van der Waals surface area (Å²) >= 11 is 0. The molecule has 0 spiro atoms. The minimum absolute atomic E-state index is 0.400. The van der Waals surface area contributed by atoms with E-state index < -0.39 is 8.80 Å². The molecule has 2 heteroatoms. The molecule has 1 aromatic carbocycles. The van der Waals surface area contributed by atoms with Crippen LogP contribution in [0.5, 0.6) is 0 Å². The average Bonchev–Trinajstić information content (AvgIpc) is 2.41. The lowest BCUT2D eigenvalue weighted by atomic mass is 9.94. The number of hydrogen-bond acceptors (Lipinski definition) is 1. The van der Waals surface area contributed by atoms with Crippen LogP contribution in [0.15, 0.2) is 30.3 Å². The molecule has 94 valence electrons. The molecular formula is C15H24OSi. The normalized spacial score (nSPS) is 24.8. The predicted molar refractivity (Wildman–Crippen MR) is 76.5 cm³/mol. The first kappa shape index (κ1) is 12.8. The topological polar surface area (TPSA) is 9.23 Å². The Morgan fingerprint density at radius 3 is 2.53 bits per heavy atom. The third-order valence-electron chi connectivity index (χ3n) is 4.08. The second kappa shape index (κ2) is 6.97. The SMILES string of the molecule is COCCC[SiH]1CCC(c2ccccc2)CC1. The van der Waals surface area contributed by atoms with Crippen molar-refractivity contribution in [2.75, 3.05) is 13.7 Å². The Bertz CT molecular complexity index is 304. The van der Waals surface area contributed by atoms with Gasteiger partial charge in [0.1, 0.15) is 0 Å². The van der Waals surface area contributed by atoms with E-state index in [9.17, 15) is 0 Å². The van der Waals surface area contributed by atoms with Gasteiger partial charge in [0.05, 0.1) is 0 Å². The first-order chi connectivity index (χ1) is 8.40. The number of benzene rings is 1. The summed E-state index contributed by atoms with van der Waals surface area (Å²) in [5.74, 6) is 0.849. The number of rotatable bonds is 5. The van der Waals surface area contributed by atoms with E-state index in [1.807, 2.05) is 7.11 Å². The molecule has 0 radical (unpaired) electrons. The summed E-state index contributed by atoms with van der Waals surface area (Å²) in [6.07, 6.45) is 4.17. The van der Waals surface area contributed by atoms with Crippen molar-refractivity contribution in [2.45, 2.75) is 43.3 Å². The van der Waals surface area contributed by atoms with Crippen molar-refractivity contribution in [1.29, 1.82) is 0 Å². The van der Waals surface area contributed by atoms with Crippen LogP contribution >= 0.6 is 0 Å². The molecule has 0 unspecified atom stereocenters. The van der Waals surface area contributed by atoms with Crippen molar-refractivity contribution in [1.82, 2.24) is 0 Å².